The number of aromatic nitrogens is 2. The molecule has 0 aliphatic heterocycles. The van der Waals surface area contributed by atoms with Crippen molar-refractivity contribution in [3.63, 3.8) is 0 Å². The number of carbonyl (C=O) groups is 2. The van der Waals surface area contributed by atoms with Gasteiger partial charge in [-0.15, -0.1) is 0 Å². The summed E-state index contributed by atoms with van der Waals surface area (Å²) < 4.78 is 15.9. The molecule has 1 fully saturated rings. The van der Waals surface area contributed by atoms with Gasteiger partial charge < -0.3 is 10.4 Å². The lowest BCUT2D eigenvalue weighted by molar-refractivity contribution is -0.143. The first-order valence-electron chi connectivity index (χ1n) is 8.80. The zero-order valence-electron chi connectivity index (χ0n) is 14.5. The summed E-state index contributed by atoms with van der Waals surface area (Å²) in [6.07, 6.45) is 3.49. The Morgan fingerprint density at radius 2 is 2.12 bits per heavy atom. The van der Waals surface area contributed by atoms with Crippen molar-refractivity contribution >= 4 is 11.9 Å². The highest BCUT2D eigenvalue weighted by Crippen LogP contribution is 2.45. The van der Waals surface area contributed by atoms with E-state index in [1.54, 1.807) is 6.07 Å². The number of fused-ring (bicyclic) bond motifs is 1. The van der Waals surface area contributed by atoms with E-state index < -0.39 is 11.4 Å². The summed E-state index contributed by atoms with van der Waals surface area (Å²) in [5, 5.41) is 16.3. The van der Waals surface area contributed by atoms with Crippen molar-refractivity contribution in [3.05, 3.63) is 46.5 Å². The van der Waals surface area contributed by atoms with Crippen LogP contribution in [0.4, 0.5) is 4.39 Å². The number of hydrogen-bond acceptors (Lipinski definition) is 3. The van der Waals surface area contributed by atoms with Crippen molar-refractivity contribution < 1.29 is 19.1 Å². The molecule has 1 amide bonds. The Bertz CT molecular complexity index is 915. The fraction of sp³-hybridized carbons (Fsp3) is 0.421. The van der Waals surface area contributed by atoms with Crippen LogP contribution in [0.2, 0.25) is 0 Å². The number of benzene rings is 1. The first kappa shape index (κ1) is 16.8. The van der Waals surface area contributed by atoms with Crippen molar-refractivity contribution in [1.82, 2.24) is 15.1 Å². The number of carboxylic acid groups (broad SMARTS) is 1. The summed E-state index contributed by atoms with van der Waals surface area (Å²) >= 11 is 0. The molecule has 0 bridgehead atoms. The SMILES string of the molecule is Cc1ccc(-n2nc(C(=O)NCC3(C(=O)O)CC3)c3c2CCC3)c(F)c1. The Hall–Kier alpha value is -2.70. The van der Waals surface area contributed by atoms with Crippen LogP contribution in [-0.4, -0.2) is 33.3 Å². The van der Waals surface area contributed by atoms with Crippen LogP contribution in [0.3, 0.4) is 0 Å². The number of nitrogens with zero attached hydrogens (tertiary/aromatic N) is 2. The van der Waals surface area contributed by atoms with Crippen LogP contribution in [0.5, 0.6) is 0 Å². The van der Waals surface area contributed by atoms with Gasteiger partial charge in [-0.1, -0.05) is 6.07 Å². The van der Waals surface area contributed by atoms with Crippen molar-refractivity contribution in [2.24, 2.45) is 5.41 Å². The maximum atomic E-state index is 14.4. The molecule has 6 nitrogen and oxygen atoms in total. The average molecular weight is 357 g/mol. The van der Waals surface area contributed by atoms with Crippen LogP contribution in [-0.2, 0) is 17.6 Å². The number of halogens is 1. The van der Waals surface area contributed by atoms with Gasteiger partial charge in [-0.05, 0) is 56.7 Å². The molecule has 0 unspecified atom stereocenters. The number of hydrogen-bond donors (Lipinski definition) is 2. The third-order valence-corrected chi connectivity index (χ3v) is 5.37. The predicted octanol–water partition coefficient (Wildman–Crippen LogP) is 2.40. The van der Waals surface area contributed by atoms with Crippen LogP contribution in [0.15, 0.2) is 18.2 Å². The second kappa shape index (κ2) is 5.93. The largest absolute Gasteiger partial charge is 0.481 e. The monoisotopic (exact) mass is 357 g/mol. The molecular formula is C19H20FN3O3. The number of amides is 1. The lowest BCUT2D eigenvalue weighted by atomic mass is 10.1. The topological polar surface area (TPSA) is 84.2 Å². The van der Waals surface area contributed by atoms with E-state index in [9.17, 15) is 19.1 Å². The lowest BCUT2D eigenvalue weighted by Crippen LogP contribution is -2.34. The molecule has 7 heteroatoms. The number of rotatable bonds is 5. The van der Waals surface area contributed by atoms with Gasteiger partial charge in [-0.25, -0.2) is 9.07 Å². The van der Waals surface area contributed by atoms with E-state index in [-0.39, 0.29) is 24.0 Å². The van der Waals surface area contributed by atoms with Gasteiger partial charge in [0.1, 0.15) is 11.5 Å². The highest BCUT2D eigenvalue weighted by molar-refractivity contribution is 5.94. The Morgan fingerprint density at radius 3 is 2.77 bits per heavy atom. The normalized spacial score (nSPS) is 17.0. The zero-order valence-corrected chi connectivity index (χ0v) is 14.5. The summed E-state index contributed by atoms with van der Waals surface area (Å²) in [6, 6.07) is 4.92. The Kier molecular flexibility index (Phi) is 3.82. The number of carbonyl (C=O) groups excluding carboxylic acids is 1. The summed E-state index contributed by atoms with van der Waals surface area (Å²) in [5.41, 5.74) is 2.29. The van der Waals surface area contributed by atoms with Crippen molar-refractivity contribution in [2.75, 3.05) is 6.54 Å². The first-order chi connectivity index (χ1) is 12.4. The highest BCUT2D eigenvalue weighted by Gasteiger charge is 2.50. The molecule has 0 radical (unpaired) electrons. The molecule has 1 saturated carbocycles. The zero-order chi connectivity index (χ0) is 18.5. The van der Waals surface area contributed by atoms with Crippen molar-refractivity contribution in [1.29, 1.82) is 0 Å². The third-order valence-electron chi connectivity index (χ3n) is 5.37. The van der Waals surface area contributed by atoms with Gasteiger partial charge in [-0.2, -0.15) is 5.10 Å². The van der Waals surface area contributed by atoms with Crippen LogP contribution in [0.1, 0.15) is 46.6 Å². The van der Waals surface area contributed by atoms with Crippen molar-refractivity contribution in [3.8, 4) is 5.69 Å². The minimum absolute atomic E-state index is 0.0989. The van der Waals surface area contributed by atoms with Gasteiger partial charge in [-0.3, -0.25) is 9.59 Å². The van der Waals surface area contributed by atoms with Crippen LogP contribution < -0.4 is 5.32 Å². The molecular weight excluding hydrogens is 337 g/mol. The molecule has 0 saturated heterocycles. The van der Waals surface area contributed by atoms with E-state index in [1.807, 2.05) is 13.0 Å². The minimum atomic E-state index is -0.879. The summed E-state index contributed by atoms with van der Waals surface area (Å²) in [5.74, 6) is -1.64. The van der Waals surface area contributed by atoms with Gasteiger partial charge in [0, 0.05) is 17.8 Å². The van der Waals surface area contributed by atoms with Crippen LogP contribution >= 0.6 is 0 Å². The van der Waals surface area contributed by atoms with E-state index >= 15 is 0 Å². The second-order valence-corrected chi connectivity index (χ2v) is 7.26. The number of nitrogens with one attached hydrogen (secondary N) is 1. The molecule has 0 spiro atoms. The molecule has 2 aromatic rings. The third kappa shape index (κ3) is 2.67. The van der Waals surface area contributed by atoms with E-state index in [0.29, 0.717) is 18.5 Å². The number of aryl methyl sites for hydroxylation is 1. The average Bonchev–Trinajstić information content (AvgIpc) is 3.09. The number of carboxylic acids is 1. The maximum absolute atomic E-state index is 14.4. The molecule has 2 aliphatic carbocycles. The van der Waals surface area contributed by atoms with Gasteiger partial charge in [0.2, 0.25) is 0 Å². The Morgan fingerprint density at radius 1 is 1.35 bits per heavy atom. The molecule has 26 heavy (non-hydrogen) atoms. The van der Waals surface area contributed by atoms with Crippen LogP contribution in [0, 0.1) is 18.2 Å². The van der Waals surface area contributed by atoms with Gasteiger partial charge in [0.05, 0.1) is 5.41 Å². The molecule has 2 aliphatic rings. The highest BCUT2D eigenvalue weighted by atomic mass is 19.1. The van der Waals surface area contributed by atoms with E-state index in [4.69, 9.17) is 0 Å². The summed E-state index contributed by atoms with van der Waals surface area (Å²) in [6.45, 7) is 1.91. The molecule has 1 aromatic heterocycles. The smallest absolute Gasteiger partial charge is 0.311 e. The molecule has 2 N–H and O–H groups in total. The first-order valence-corrected chi connectivity index (χ1v) is 8.80. The summed E-state index contributed by atoms with van der Waals surface area (Å²) in [4.78, 5) is 23.9. The van der Waals surface area contributed by atoms with Gasteiger partial charge in [0.25, 0.3) is 5.91 Å². The summed E-state index contributed by atoms with van der Waals surface area (Å²) in [7, 11) is 0. The van der Waals surface area contributed by atoms with Gasteiger partial charge in [0.15, 0.2) is 5.69 Å². The molecule has 0 atom stereocenters. The predicted molar refractivity (Wildman–Crippen MR) is 91.9 cm³/mol. The Balaban J connectivity index is 1.64. The molecule has 136 valence electrons. The van der Waals surface area contributed by atoms with E-state index in [0.717, 1.165) is 36.1 Å². The second-order valence-electron chi connectivity index (χ2n) is 7.26. The lowest BCUT2D eigenvalue weighted by Gasteiger charge is -2.10. The Labute approximate surface area is 150 Å². The number of aliphatic carboxylic acids is 1. The minimum Gasteiger partial charge on any atom is -0.481 e. The fourth-order valence-electron chi connectivity index (χ4n) is 3.55. The van der Waals surface area contributed by atoms with Crippen LogP contribution in [0.25, 0.3) is 5.69 Å². The fourth-order valence-corrected chi connectivity index (χ4v) is 3.55. The van der Waals surface area contributed by atoms with E-state index in [1.165, 1.54) is 10.7 Å². The van der Waals surface area contributed by atoms with Crippen molar-refractivity contribution in [2.45, 2.75) is 39.0 Å². The quantitative estimate of drug-likeness (QED) is 0.861. The van der Waals surface area contributed by atoms with E-state index in [2.05, 4.69) is 10.4 Å². The van der Waals surface area contributed by atoms with Gasteiger partial charge >= 0.3 is 5.97 Å². The standard InChI is InChI=1S/C19H20FN3O3/c1-11-5-6-15(13(20)9-11)23-14-4-2-3-12(14)16(22-23)17(24)21-10-19(7-8-19)18(25)26/h5-6,9H,2-4,7-8,10H2,1H3,(H,21,24)(H,25,26). The maximum Gasteiger partial charge on any atom is 0.311 e. The molecule has 4 rings (SSSR count). The molecule has 1 heterocycles. The molecule has 1 aromatic carbocycles.